The molecule has 0 saturated carbocycles. The van der Waals surface area contributed by atoms with E-state index in [1.807, 2.05) is 30.3 Å². The van der Waals surface area contributed by atoms with E-state index < -0.39 is 10.1 Å². The minimum absolute atomic E-state index is 0. The Hall–Kier alpha value is -0.850. The molecule has 0 aliphatic carbocycles. The van der Waals surface area contributed by atoms with Crippen LogP contribution < -0.4 is 34.3 Å². The summed E-state index contributed by atoms with van der Waals surface area (Å²) < 4.78 is 38.0. The third-order valence-electron chi connectivity index (χ3n) is 2.34. The second kappa shape index (κ2) is 7.07. The summed E-state index contributed by atoms with van der Waals surface area (Å²) >= 11 is 0. The normalized spacial score (nSPS) is 10.6. The molecular formula is C13H11NaO4S. The maximum absolute atomic E-state index is 10.8. The van der Waals surface area contributed by atoms with E-state index in [0.717, 1.165) is 5.56 Å². The molecule has 0 radical (unpaired) electrons. The van der Waals surface area contributed by atoms with Crippen molar-refractivity contribution < 1.29 is 47.3 Å². The molecule has 0 atom stereocenters. The third-order valence-corrected chi connectivity index (χ3v) is 3.17. The summed E-state index contributed by atoms with van der Waals surface area (Å²) in [5, 5.41) is 0. The SMILES string of the molecule is O=S(=O)([O-])c1cccc(OCc2ccccc2)c1.[Na+]. The molecule has 0 bridgehead atoms. The predicted octanol–water partition coefficient (Wildman–Crippen LogP) is -0.826. The Morgan fingerprint density at radius 2 is 1.68 bits per heavy atom. The summed E-state index contributed by atoms with van der Waals surface area (Å²) in [5.74, 6) is 0.357. The van der Waals surface area contributed by atoms with Crippen molar-refractivity contribution in [3.63, 3.8) is 0 Å². The fourth-order valence-corrected chi connectivity index (χ4v) is 1.97. The van der Waals surface area contributed by atoms with Gasteiger partial charge in [-0.3, -0.25) is 0 Å². The Morgan fingerprint density at radius 1 is 1.00 bits per heavy atom. The van der Waals surface area contributed by atoms with Crippen LogP contribution >= 0.6 is 0 Å². The molecule has 0 N–H and O–H groups in total. The Kier molecular flexibility index (Phi) is 6.03. The molecule has 0 aliphatic rings. The van der Waals surface area contributed by atoms with Gasteiger partial charge in [0.15, 0.2) is 0 Å². The molecule has 2 aromatic rings. The molecule has 94 valence electrons. The summed E-state index contributed by atoms with van der Waals surface area (Å²) in [6, 6.07) is 15.0. The molecule has 0 unspecified atom stereocenters. The van der Waals surface area contributed by atoms with Crippen molar-refractivity contribution in [1.82, 2.24) is 0 Å². The van der Waals surface area contributed by atoms with Gasteiger partial charge in [-0.25, -0.2) is 8.42 Å². The first kappa shape index (κ1) is 16.2. The topological polar surface area (TPSA) is 66.4 Å². The molecule has 0 spiro atoms. The van der Waals surface area contributed by atoms with Gasteiger partial charge < -0.3 is 9.29 Å². The van der Waals surface area contributed by atoms with E-state index in [4.69, 9.17) is 4.74 Å². The van der Waals surface area contributed by atoms with Crippen molar-refractivity contribution in [2.24, 2.45) is 0 Å². The Labute approximate surface area is 134 Å². The zero-order valence-corrected chi connectivity index (χ0v) is 13.3. The average molecular weight is 286 g/mol. The zero-order valence-electron chi connectivity index (χ0n) is 10.4. The van der Waals surface area contributed by atoms with Crippen LogP contribution in [-0.2, 0) is 16.7 Å². The molecule has 4 nitrogen and oxygen atoms in total. The van der Waals surface area contributed by atoms with Gasteiger partial charge in [0.25, 0.3) is 0 Å². The average Bonchev–Trinajstić information content (AvgIpc) is 2.37. The van der Waals surface area contributed by atoms with Crippen LogP contribution in [0.5, 0.6) is 5.75 Å². The van der Waals surface area contributed by atoms with Gasteiger partial charge in [0, 0.05) is 0 Å². The Balaban J connectivity index is 0.00000180. The van der Waals surface area contributed by atoms with Gasteiger partial charge in [0.05, 0.1) is 4.90 Å². The molecule has 6 heteroatoms. The van der Waals surface area contributed by atoms with Crippen molar-refractivity contribution in [3.05, 3.63) is 60.2 Å². The van der Waals surface area contributed by atoms with E-state index >= 15 is 0 Å². The van der Waals surface area contributed by atoms with E-state index in [1.165, 1.54) is 18.2 Å². The minimum atomic E-state index is -4.44. The summed E-state index contributed by atoms with van der Waals surface area (Å²) in [6.45, 7) is 0.323. The Morgan fingerprint density at radius 3 is 2.32 bits per heavy atom. The second-order valence-corrected chi connectivity index (χ2v) is 5.08. The van der Waals surface area contributed by atoms with Gasteiger partial charge in [-0.1, -0.05) is 36.4 Å². The van der Waals surface area contributed by atoms with Crippen LogP contribution in [0.2, 0.25) is 0 Å². The molecular weight excluding hydrogens is 275 g/mol. The molecule has 0 aliphatic heterocycles. The van der Waals surface area contributed by atoms with Crippen LogP contribution in [0.4, 0.5) is 0 Å². The van der Waals surface area contributed by atoms with Crippen molar-refractivity contribution in [2.75, 3.05) is 0 Å². The largest absolute Gasteiger partial charge is 1.00 e. The first-order chi connectivity index (χ1) is 8.55. The van der Waals surface area contributed by atoms with Gasteiger partial charge in [-0.2, -0.15) is 0 Å². The van der Waals surface area contributed by atoms with Crippen LogP contribution in [-0.4, -0.2) is 13.0 Å². The third kappa shape index (κ3) is 4.97. The second-order valence-electron chi connectivity index (χ2n) is 3.70. The fourth-order valence-electron chi connectivity index (χ4n) is 1.46. The Bertz CT molecular complexity index is 626. The van der Waals surface area contributed by atoms with Gasteiger partial charge >= 0.3 is 29.6 Å². The van der Waals surface area contributed by atoms with E-state index in [0.29, 0.717) is 12.4 Å². The summed E-state index contributed by atoms with van der Waals surface area (Å²) in [7, 11) is -4.44. The molecule has 19 heavy (non-hydrogen) atoms. The van der Waals surface area contributed by atoms with Crippen LogP contribution in [0, 0.1) is 0 Å². The number of hydrogen-bond donors (Lipinski definition) is 0. The van der Waals surface area contributed by atoms with E-state index in [9.17, 15) is 13.0 Å². The van der Waals surface area contributed by atoms with E-state index in [1.54, 1.807) is 6.07 Å². The number of benzene rings is 2. The maximum atomic E-state index is 10.8. The van der Waals surface area contributed by atoms with E-state index in [2.05, 4.69) is 0 Å². The summed E-state index contributed by atoms with van der Waals surface area (Å²) in [5.41, 5.74) is 0.966. The minimum Gasteiger partial charge on any atom is -0.744 e. The first-order valence-electron chi connectivity index (χ1n) is 5.28. The van der Waals surface area contributed by atoms with Gasteiger partial charge in [-0.05, 0) is 23.8 Å². The molecule has 0 aromatic heterocycles. The van der Waals surface area contributed by atoms with Crippen molar-refractivity contribution >= 4 is 10.1 Å². The molecule has 2 aromatic carbocycles. The molecule has 0 fully saturated rings. The van der Waals surface area contributed by atoms with Crippen molar-refractivity contribution in [1.29, 1.82) is 0 Å². The monoisotopic (exact) mass is 286 g/mol. The quantitative estimate of drug-likeness (QED) is 0.544. The zero-order chi connectivity index (χ0) is 13.0. The summed E-state index contributed by atoms with van der Waals surface area (Å²) in [4.78, 5) is -0.284. The molecule has 2 rings (SSSR count). The van der Waals surface area contributed by atoms with Crippen molar-refractivity contribution in [3.8, 4) is 5.75 Å². The van der Waals surface area contributed by atoms with Crippen LogP contribution in [0.25, 0.3) is 0 Å². The van der Waals surface area contributed by atoms with Crippen LogP contribution in [0.15, 0.2) is 59.5 Å². The first-order valence-corrected chi connectivity index (χ1v) is 6.69. The van der Waals surface area contributed by atoms with Crippen molar-refractivity contribution in [2.45, 2.75) is 11.5 Å². The molecule has 0 amide bonds. The number of hydrogen-bond acceptors (Lipinski definition) is 4. The standard InChI is InChI=1S/C13H12O4S.Na/c14-18(15,16)13-8-4-7-12(9-13)17-10-11-5-2-1-3-6-11;/h1-9H,10H2,(H,14,15,16);/q;+1/p-1. The molecule has 0 heterocycles. The molecule has 0 saturated heterocycles. The van der Waals surface area contributed by atoms with Gasteiger partial charge in [0.2, 0.25) is 0 Å². The smallest absolute Gasteiger partial charge is 0.744 e. The number of rotatable bonds is 4. The van der Waals surface area contributed by atoms with Gasteiger partial charge in [-0.15, -0.1) is 0 Å². The number of ether oxygens (including phenoxy) is 1. The maximum Gasteiger partial charge on any atom is 1.00 e. The van der Waals surface area contributed by atoms with Crippen LogP contribution in [0.3, 0.4) is 0 Å². The predicted molar refractivity (Wildman–Crippen MR) is 65.2 cm³/mol. The van der Waals surface area contributed by atoms with Gasteiger partial charge in [0.1, 0.15) is 22.5 Å². The van der Waals surface area contributed by atoms with Crippen LogP contribution in [0.1, 0.15) is 5.56 Å². The van der Waals surface area contributed by atoms with E-state index in [-0.39, 0.29) is 34.5 Å². The summed E-state index contributed by atoms with van der Waals surface area (Å²) in [6.07, 6.45) is 0. The fraction of sp³-hybridized carbons (Fsp3) is 0.0769.